The lowest BCUT2D eigenvalue weighted by Crippen LogP contribution is -2.36. The van der Waals surface area contributed by atoms with Gasteiger partial charge in [-0.15, -0.1) is 0 Å². The van der Waals surface area contributed by atoms with Crippen molar-refractivity contribution in [2.75, 3.05) is 7.11 Å². The van der Waals surface area contributed by atoms with E-state index in [1.54, 1.807) is 43.5 Å². The number of rotatable bonds is 7. The number of methoxy groups -OCH3 is 1. The molecule has 0 aromatic heterocycles. The Hall–Kier alpha value is -2.53. The number of carbonyl (C=O) groups excluding carboxylic acids is 2. The molecule has 2 aromatic rings. The Morgan fingerprint density at radius 2 is 1.75 bits per heavy atom. The number of Topliss-reactive ketones (excluding diaryl/α,β-unsaturated/α-hetero) is 1. The largest absolute Gasteiger partial charge is 0.497 e. The molecule has 0 aliphatic heterocycles. The summed E-state index contributed by atoms with van der Waals surface area (Å²) in [5.41, 5.74) is 6.25. The second-order valence-corrected chi connectivity index (χ2v) is 8.12. The summed E-state index contributed by atoms with van der Waals surface area (Å²) in [7, 11) is 1.57. The maximum atomic E-state index is 13.3. The molecular formula is C22H26ClNO4. The van der Waals surface area contributed by atoms with E-state index in [9.17, 15) is 9.59 Å². The average molecular weight is 404 g/mol. The molecule has 0 saturated heterocycles. The Bertz CT molecular complexity index is 827. The fourth-order valence-corrected chi connectivity index (χ4v) is 3.33. The molecule has 2 atom stereocenters. The second kappa shape index (κ2) is 9.11. The van der Waals surface area contributed by atoms with Gasteiger partial charge in [0.15, 0.2) is 0 Å². The third-order valence-electron chi connectivity index (χ3n) is 4.47. The van der Waals surface area contributed by atoms with Crippen molar-refractivity contribution in [1.82, 2.24) is 0 Å². The van der Waals surface area contributed by atoms with Crippen LogP contribution >= 0.6 is 11.6 Å². The molecule has 6 heteroatoms. The zero-order valence-corrected chi connectivity index (χ0v) is 17.3. The van der Waals surface area contributed by atoms with Crippen LogP contribution in [0.5, 0.6) is 5.75 Å². The van der Waals surface area contributed by atoms with E-state index in [-0.39, 0.29) is 5.78 Å². The van der Waals surface area contributed by atoms with E-state index in [1.165, 1.54) is 0 Å². The number of carbonyl (C=O) groups is 2. The molecule has 0 bridgehead atoms. The van der Waals surface area contributed by atoms with E-state index in [4.69, 9.17) is 26.8 Å². The number of ketones is 1. The van der Waals surface area contributed by atoms with Crippen molar-refractivity contribution in [3.63, 3.8) is 0 Å². The fraction of sp³-hybridized carbons (Fsp3) is 0.364. The van der Waals surface area contributed by atoms with Crippen molar-refractivity contribution in [1.29, 1.82) is 0 Å². The molecule has 2 aromatic carbocycles. The Morgan fingerprint density at radius 3 is 2.25 bits per heavy atom. The van der Waals surface area contributed by atoms with Gasteiger partial charge in [0.25, 0.3) is 0 Å². The van der Waals surface area contributed by atoms with Crippen molar-refractivity contribution < 1.29 is 19.1 Å². The highest BCUT2D eigenvalue weighted by molar-refractivity contribution is 6.30. The maximum Gasteiger partial charge on any atom is 0.405 e. The summed E-state index contributed by atoms with van der Waals surface area (Å²) in [6.45, 7) is 5.53. The normalized spacial score (nSPS) is 13.5. The standard InChI is InChI=1S/C22H26ClNO4/c1-22(2,3)20(25)18(13-14-6-5-7-16(23)12-14)19(28-21(24)26)15-8-10-17(27-4)11-9-15/h5-12,18-19H,13H2,1-4H3,(H2,24,26)/t18-,19?/m0/s1. The number of amides is 1. The predicted molar refractivity (Wildman–Crippen MR) is 110 cm³/mol. The smallest absolute Gasteiger partial charge is 0.405 e. The van der Waals surface area contributed by atoms with Gasteiger partial charge in [0, 0.05) is 10.4 Å². The molecule has 0 fully saturated rings. The molecule has 0 radical (unpaired) electrons. The first kappa shape index (κ1) is 21.8. The molecule has 0 aliphatic rings. The van der Waals surface area contributed by atoms with Crippen LogP contribution in [0.3, 0.4) is 0 Å². The molecule has 150 valence electrons. The summed E-state index contributed by atoms with van der Waals surface area (Å²) in [5, 5.41) is 0.580. The van der Waals surface area contributed by atoms with Crippen LogP contribution in [0.15, 0.2) is 48.5 Å². The Labute approximate surface area is 170 Å². The molecule has 28 heavy (non-hydrogen) atoms. The van der Waals surface area contributed by atoms with Crippen molar-refractivity contribution in [2.24, 2.45) is 17.1 Å². The summed E-state index contributed by atoms with van der Waals surface area (Å²) < 4.78 is 10.6. The summed E-state index contributed by atoms with van der Waals surface area (Å²) in [5.74, 6) is 0.00372. The van der Waals surface area contributed by atoms with Crippen molar-refractivity contribution in [3.05, 3.63) is 64.7 Å². The molecule has 0 heterocycles. The zero-order chi connectivity index (χ0) is 20.9. The molecule has 1 unspecified atom stereocenters. The number of nitrogens with two attached hydrogens (primary N) is 1. The average Bonchev–Trinajstić information content (AvgIpc) is 2.63. The van der Waals surface area contributed by atoms with Crippen LogP contribution in [0.1, 0.15) is 38.0 Å². The van der Waals surface area contributed by atoms with Crippen molar-refractivity contribution in [3.8, 4) is 5.75 Å². The van der Waals surface area contributed by atoms with E-state index in [0.29, 0.717) is 22.8 Å². The number of primary amides is 1. The van der Waals surface area contributed by atoms with Gasteiger partial charge in [-0.25, -0.2) is 4.79 Å². The van der Waals surface area contributed by atoms with Crippen molar-refractivity contribution in [2.45, 2.75) is 33.3 Å². The monoisotopic (exact) mass is 403 g/mol. The number of benzene rings is 2. The van der Waals surface area contributed by atoms with Crippen LogP contribution in [-0.2, 0) is 16.0 Å². The first-order chi connectivity index (χ1) is 13.1. The lowest BCUT2D eigenvalue weighted by atomic mass is 9.76. The lowest BCUT2D eigenvalue weighted by Gasteiger charge is -2.31. The summed E-state index contributed by atoms with van der Waals surface area (Å²) in [6.07, 6.45) is -1.39. The van der Waals surface area contributed by atoms with Crippen LogP contribution < -0.4 is 10.5 Å². The highest BCUT2D eigenvalue weighted by atomic mass is 35.5. The van der Waals surface area contributed by atoms with E-state index >= 15 is 0 Å². The number of halogens is 1. The summed E-state index contributed by atoms with van der Waals surface area (Å²) >= 11 is 6.11. The Kier molecular flexibility index (Phi) is 7.08. The molecule has 1 amide bonds. The molecule has 0 aliphatic carbocycles. The molecule has 0 spiro atoms. The topological polar surface area (TPSA) is 78.6 Å². The Balaban J connectivity index is 2.49. The fourth-order valence-electron chi connectivity index (χ4n) is 3.11. The SMILES string of the molecule is COc1ccc(C(OC(N)=O)[C@H](Cc2cccc(Cl)c2)C(=O)C(C)(C)C)cc1. The zero-order valence-electron chi connectivity index (χ0n) is 16.6. The Morgan fingerprint density at radius 1 is 1.11 bits per heavy atom. The molecule has 5 nitrogen and oxygen atoms in total. The first-order valence-corrected chi connectivity index (χ1v) is 9.38. The predicted octanol–water partition coefficient (Wildman–Crippen LogP) is 4.96. The van der Waals surface area contributed by atoms with Gasteiger partial charge in [-0.05, 0) is 41.8 Å². The van der Waals surface area contributed by atoms with Gasteiger partial charge in [0.1, 0.15) is 17.6 Å². The third kappa shape index (κ3) is 5.73. The molecular weight excluding hydrogens is 378 g/mol. The van der Waals surface area contributed by atoms with Gasteiger partial charge >= 0.3 is 6.09 Å². The molecule has 0 saturated carbocycles. The van der Waals surface area contributed by atoms with Gasteiger partial charge in [0.2, 0.25) is 0 Å². The quantitative estimate of drug-likeness (QED) is 0.708. The van der Waals surface area contributed by atoms with Crippen LogP contribution in [0, 0.1) is 11.3 Å². The first-order valence-electron chi connectivity index (χ1n) is 9.00. The van der Waals surface area contributed by atoms with Gasteiger partial charge in [0.05, 0.1) is 13.0 Å². The van der Waals surface area contributed by atoms with Gasteiger partial charge < -0.3 is 15.2 Å². The van der Waals surface area contributed by atoms with E-state index in [1.807, 2.05) is 32.9 Å². The number of hydrogen-bond acceptors (Lipinski definition) is 4. The van der Waals surface area contributed by atoms with Gasteiger partial charge in [-0.2, -0.15) is 0 Å². The van der Waals surface area contributed by atoms with Gasteiger partial charge in [-0.3, -0.25) is 4.79 Å². The van der Waals surface area contributed by atoms with E-state index < -0.39 is 23.5 Å². The van der Waals surface area contributed by atoms with E-state index in [0.717, 1.165) is 5.56 Å². The highest BCUT2D eigenvalue weighted by Gasteiger charge is 2.38. The van der Waals surface area contributed by atoms with Crippen LogP contribution in [-0.4, -0.2) is 19.0 Å². The third-order valence-corrected chi connectivity index (χ3v) is 4.71. The summed E-state index contributed by atoms with van der Waals surface area (Å²) in [6, 6.07) is 14.3. The molecule has 2 N–H and O–H groups in total. The number of hydrogen-bond donors (Lipinski definition) is 1. The second-order valence-electron chi connectivity index (χ2n) is 7.69. The van der Waals surface area contributed by atoms with Crippen LogP contribution in [0.25, 0.3) is 0 Å². The summed E-state index contributed by atoms with van der Waals surface area (Å²) in [4.78, 5) is 24.9. The maximum absolute atomic E-state index is 13.3. The van der Waals surface area contributed by atoms with Crippen molar-refractivity contribution >= 4 is 23.5 Å². The van der Waals surface area contributed by atoms with Gasteiger partial charge in [-0.1, -0.05) is 56.6 Å². The minimum atomic E-state index is -0.932. The van der Waals surface area contributed by atoms with Crippen LogP contribution in [0.2, 0.25) is 5.02 Å². The van der Waals surface area contributed by atoms with Crippen LogP contribution in [0.4, 0.5) is 4.79 Å². The van der Waals surface area contributed by atoms with E-state index in [2.05, 4.69) is 0 Å². The number of ether oxygens (including phenoxy) is 2. The highest BCUT2D eigenvalue weighted by Crippen LogP contribution is 2.36. The lowest BCUT2D eigenvalue weighted by molar-refractivity contribution is -0.134. The minimum absolute atomic E-state index is 0.0328. The molecule has 2 rings (SSSR count). The minimum Gasteiger partial charge on any atom is -0.497 e.